The quantitative estimate of drug-likeness (QED) is 0.767. The minimum Gasteiger partial charge on any atom is -0.354 e. The van der Waals surface area contributed by atoms with Crippen LogP contribution in [0, 0.1) is 0 Å². The zero-order chi connectivity index (χ0) is 13.2. The van der Waals surface area contributed by atoms with Crippen molar-refractivity contribution in [2.45, 2.75) is 0 Å². The number of hydrogen-bond donors (Lipinski definition) is 0. The predicted molar refractivity (Wildman–Crippen MR) is 76.8 cm³/mol. The van der Waals surface area contributed by atoms with Gasteiger partial charge in [0.05, 0.1) is 0 Å². The number of benzene rings is 1. The molecule has 0 aliphatic carbocycles. The van der Waals surface area contributed by atoms with Gasteiger partial charge in [0, 0.05) is 43.3 Å². The fraction of sp³-hybridized carbons (Fsp3) is 0.333. The molecule has 1 aromatic heterocycles. The molecule has 1 aliphatic heterocycles. The van der Waals surface area contributed by atoms with Gasteiger partial charge in [-0.1, -0.05) is 18.2 Å². The van der Waals surface area contributed by atoms with Gasteiger partial charge in [-0.2, -0.15) is 0 Å². The fourth-order valence-corrected chi connectivity index (χ4v) is 2.59. The molecule has 4 nitrogen and oxygen atoms in total. The third kappa shape index (κ3) is 2.19. The standard InChI is InChI=1S/C15H17N3O/c1-17-7-9-18(10-8-17)15-14-12(5-6-16-15)3-2-4-13(14)11-19/h2-6,11H,7-10H2,1H3. The van der Waals surface area contributed by atoms with Gasteiger partial charge >= 0.3 is 0 Å². The number of piperazine rings is 1. The van der Waals surface area contributed by atoms with Gasteiger partial charge in [0.15, 0.2) is 6.29 Å². The molecule has 0 radical (unpaired) electrons. The molecule has 0 saturated carbocycles. The highest BCUT2D eigenvalue weighted by atomic mass is 16.1. The van der Waals surface area contributed by atoms with Crippen LogP contribution in [0.3, 0.4) is 0 Å². The molecule has 1 fully saturated rings. The molecule has 0 N–H and O–H groups in total. The van der Waals surface area contributed by atoms with Crippen LogP contribution in [0.4, 0.5) is 5.82 Å². The van der Waals surface area contributed by atoms with Crippen molar-refractivity contribution in [3.63, 3.8) is 0 Å². The van der Waals surface area contributed by atoms with Gasteiger partial charge in [-0.05, 0) is 18.5 Å². The number of rotatable bonds is 2. The maximum Gasteiger partial charge on any atom is 0.150 e. The van der Waals surface area contributed by atoms with Crippen molar-refractivity contribution in [1.29, 1.82) is 0 Å². The molecule has 2 heterocycles. The second-order valence-corrected chi connectivity index (χ2v) is 4.99. The van der Waals surface area contributed by atoms with Crippen molar-refractivity contribution in [3.05, 3.63) is 36.0 Å². The number of fused-ring (bicyclic) bond motifs is 1. The van der Waals surface area contributed by atoms with E-state index in [0.29, 0.717) is 0 Å². The number of carbonyl (C=O) groups excluding carboxylic acids is 1. The van der Waals surface area contributed by atoms with Crippen LogP contribution in [0.25, 0.3) is 10.8 Å². The van der Waals surface area contributed by atoms with Gasteiger partial charge in [-0.3, -0.25) is 4.79 Å². The average Bonchev–Trinajstić information content (AvgIpc) is 2.47. The number of hydrogen-bond acceptors (Lipinski definition) is 4. The van der Waals surface area contributed by atoms with E-state index in [2.05, 4.69) is 21.8 Å². The van der Waals surface area contributed by atoms with Crippen LogP contribution in [-0.4, -0.2) is 49.4 Å². The van der Waals surface area contributed by atoms with Crippen molar-refractivity contribution in [3.8, 4) is 0 Å². The molecule has 2 aromatic rings. The topological polar surface area (TPSA) is 36.4 Å². The summed E-state index contributed by atoms with van der Waals surface area (Å²) in [5.41, 5.74) is 0.722. The summed E-state index contributed by atoms with van der Waals surface area (Å²) in [4.78, 5) is 20.3. The van der Waals surface area contributed by atoms with E-state index >= 15 is 0 Å². The minimum atomic E-state index is 0.722. The second kappa shape index (κ2) is 4.97. The van der Waals surface area contributed by atoms with Crippen molar-refractivity contribution < 1.29 is 4.79 Å². The number of aldehydes is 1. The lowest BCUT2D eigenvalue weighted by Crippen LogP contribution is -2.44. The molecule has 19 heavy (non-hydrogen) atoms. The first kappa shape index (κ1) is 12.1. The van der Waals surface area contributed by atoms with Gasteiger partial charge < -0.3 is 9.80 Å². The minimum absolute atomic E-state index is 0.722. The Kier molecular flexibility index (Phi) is 3.17. The van der Waals surface area contributed by atoms with Crippen molar-refractivity contribution in [2.24, 2.45) is 0 Å². The van der Waals surface area contributed by atoms with Crippen LogP contribution in [-0.2, 0) is 0 Å². The Morgan fingerprint density at radius 1 is 1.16 bits per heavy atom. The van der Waals surface area contributed by atoms with Crippen LogP contribution in [0.2, 0.25) is 0 Å². The molecule has 0 amide bonds. The first-order chi connectivity index (χ1) is 9.29. The maximum absolute atomic E-state index is 11.3. The highest BCUT2D eigenvalue weighted by Crippen LogP contribution is 2.27. The first-order valence-electron chi connectivity index (χ1n) is 6.56. The summed E-state index contributed by atoms with van der Waals surface area (Å²) in [6, 6.07) is 7.77. The smallest absolute Gasteiger partial charge is 0.150 e. The fourth-order valence-electron chi connectivity index (χ4n) is 2.59. The van der Waals surface area contributed by atoms with Crippen LogP contribution in [0.1, 0.15) is 10.4 Å². The summed E-state index contributed by atoms with van der Waals surface area (Å²) in [5.74, 6) is 0.938. The lowest BCUT2D eigenvalue weighted by Gasteiger charge is -2.33. The Bertz CT molecular complexity index is 598. The SMILES string of the molecule is CN1CCN(c2nccc3cccc(C=O)c23)CC1. The van der Waals surface area contributed by atoms with Crippen LogP contribution in [0.15, 0.2) is 30.5 Å². The summed E-state index contributed by atoms with van der Waals surface area (Å²) in [6.45, 7) is 3.97. The average molecular weight is 255 g/mol. The lowest BCUT2D eigenvalue weighted by atomic mass is 10.1. The maximum atomic E-state index is 11.3. The predicted octanol–water partition coefficient (Wildman–Crippen LogP) is 1.80. The molecule has 98 valence electrons. The number of carbonyl (C=O) groups is 1. The van der Waals surface area contributed by atoms with E-state index in [1.807, 2.05) is 30.5 Å². The van der Waals surface area contributed by atoms with Crippen molar-refractivity contribution >= 4 is 22.9 Å². The van der Waals surface area contributed by atoms with Crippen molar-refractivity contribution in [1.82, 2.24) is 9.88 Å². The highest BCUT2D eigenvalue weighted by Gasteiger charge is 2.18. The lowest BCUT2D eigenvalue weighted by molar-refractivity contribution is 0.112. The van der Waals surface area contributed by atoms with Gasteiger partial charge in [0.2, 0.25) is 0 Å². The molecular weight excluding hydrogens is 238 g/mol. The molecule has 1 aromatic carbocycles. The third-order valence-electron chi connectivity index (χ3n) is 3.73. The molecule has 0 atom stereocenters. The number of anilines is 1. The Labute approximate surface area is 112 Å². The number of likely N-dealkylation sites (N-methyl/N-ethyl adjacent to an activating group) is 1. The van der Waals surface area contributed by atoms with E-state index in [4.69, 9.17) is 0 Å². The Morgan fingerprint density at radius 2 is 1.95 bits per heavy atom. The van der Waals surface area contributed by atoms with E-state index in [1.165, 1.54) is 0 Å². The van der Waals surface area contributed by atoms with Crippen molar-refractivity contribution in [2.75, 3.05) is 38.1 Å². The summed E-state index contributed by atoms with van der Waals surface area (Å²) in [7, 11) is 2.13. The van der Waals surface area contributed by atoms with E-state index in [0.717, 1.165) is 54.6 Å². The molecule has 1 saturated heterocycles. The molecule has 4 heteroatoms. The normalized spacial score (nSPS) is 16.8. The molecule has 0 spiro atoms. The van der Waals surface area contributed by atoms with Gasteiger partial charge in [0.25, 0.3) is 0 Å². The molecule has 0 bridgehead atoms. The van der Waals surface area contributed by atoms with E-state index in [-0.39, 0.29) is 0 Å². The Hall–Kier alpha value is -1.94. The number of nitrogens with zero attached hydrogens (tertiary/aromatic N) is 3. The van der Waals surface area contributed by atoms with Crippen LogP contribution < -0.4 is 4.90 Å². The second-order valence-electron chi connectivity index (χ2n) is 4.99. The van der Waals surface area contributed by atoms with Gasteiger partial charge in [-0.15, -0.1) is 0 Å². The zero-order valence-electron chi connectivity index (χ0n) is 11.0. The molecular formula is C15H17N3O. The highest BCUT2D eigenvalue weighted by molar-refractivity contribution is 6.04. The number of pyridine rings is 1. The molecule has 1 aliphatic rings. The van der Waals surface area contributed by atoms with E-state index in [1.54, 1.807) is 0 Å². The van der Waals surface area contributed by atoms with Crippen LogP contribution in [0.5, 0.6) is 0 Å². The monoisotopic (exact) mass is 255 g/mol. The van der Waals surface area contributed by atoms with Gasteiger partial charge in [-0.25, -0.2) is 4.98 Å². The van der Waals surface area contributed by atoms with E-state index < -0.39 is 0 Å². The zero-order valence-corrected chi connectivity index (χ0v) is 11.0. The number of aromatic nitrogens is 1. The summed E-state index contributed by atoms with van der Waals surface area (Å²) in [6.07, 6.45) is 2.74. The summed E-state index contributed by atoms with van der Waals surface area (Å²) >= 11 is 0. The largest absolute Gasteiger partial charge is 0.354 e. The Morgan fingerprint density at radius 3 is 2.68 bits per heavy atom. The third-order valence-corrected chi connectivity index (χ3v) is 3.73. The molecule has 3 rings (SSSR count). The summed E-state index contributed by atoms with van der Waals surface area (Å²) < 4.78 is 0. The van der Waals surface area contributed by atoms with E-state index in [9.17, 15) is 4.79 Å². The molecule has 0 unspecified atom stereocenters. The first-order valence-corrected chi connectivity index (χ1v) is 6.56. The Balaban J connectivity index is 2.10. The summed E-state index contributed by atoms with van der Waals surface area (Å²) in [5, 5.41) is 2.05. The van der Waals surface area contributed by atoms with Crippen LogP contribution >= 0.6 is 0 Å². The van der Waals surface area contributed by atoms with Gasteiger partial charge in [0.1, 0.15) is 5.82 Å².